The minimum absolute atomic E-state index is 0.0141. The maximum Gasteiger partial charge on any atom is 0.308 e. The average Bonchev–Trinajstić information content (AvgIpc) is 3.24. The quantitative estimate of drug-likeness (QED) is 0.268. The molecule has 1 aliphatic carbocycles. The Kier molecular flexibility index (Phi) is 11.2. The molecule has 0 bridgehead atoms. The van der Waals surface area contributed by atoms with Gasteiger partial charge in [0.1, 0.15) is 22.8 Å². The Balaban J connectivity index is 1.65. The molecule has 7 nitrogen and oxygen atoms in total. The van der Waals surface area contributed by atoms with Crippen LogP contribution in [0.5, 0.6) is 0 Å². The molecule has 0 saturated heterocycles. The molecule has 0 aromatic heterocycles. The van der Waals surface area contributed by atoms with Crippen LogP contribution in [-0.4, -0.2) is 46.2 Å². The Labute approximate surface area is 291 Å². The van der Waals surface area contributed by atoms with E-state index < -0.39 is 17.1 Å². The van der Waals surface area contributed by atoms with Crippen molar-refractivity contribution in [2.24, 2.45) is 21.7 Å². The zero-order valence-electron chi connectivity index (χ0n) is 30.1. The molecule has 262 valence electrons. The molecule has 1 fully saturated rings. The van der Waals surface area contributed by atoms with E-state index in [0.29, 0.717) is 29.2 Å². The zero-order chi connectivity index (χ0) is 35.7. The summed E-state index contributed by atoms with van der Waals surface area (Å²) in [6.07, 6.45) is 4.95. The third-order valence-electron chi connectivity index (χ3n) is 9.47. The standard InChI is InChI=1S/C39H53ClFN3O4/c1-36(2,3)20-18-31(25-10-12-26(13-11-25)34(46)42-23-19-32(45)48-38(7,8)9)44-35(47)33(27-14-15-30(41)29(40)24-27)43-39(44)21-16-28(17-22-39)37(4,5)6/h10-15,24,28,31H,16-23H2,1-9H3,(H,42,46)/t28?,31-,39?/m1/s1. The van der Waals surface area contributed by atoms with Crippen molar-refractivity contribution >= 4 is 35.1 Å². The molecule has 9 heteroatoms. The number of ether oxygens (including phenoxy) is 1. The van der Waals surface area contributed by atoms with Crippen LogP contribution in [0, 0.1) is 22.6 Å². The van der Waals surface area contributed by atoms with Crippen LogP contribution >= 0.6 is 11.6 Å². The van der Waals surface area contributed by atoms with Crippen LogP contribution in [0.1, 0.15) is 135 Å². The lowest BCUT2D eigenvalue weighted by Gasteiger charge is -2.47. The summed E-state index contributed by atoms with van der Waals surface area (Å²) < 4.78 is 19.5. The van der Waals surface area contributed by atoms with Gasteiger partial charge in [0.05, 0.1) is 17.5 Å². The summed E-state index contributed by atoms with van der Waals surface area (Å²) in [5.74, 6) is -0.884. The molecule has 0 radical (unpaired) electrons. The monoisotopic (exact) mass is 681 g/mol. The molecule has 1 N–H and O–H groups in total. The number of rotatable bonds is 9. The summed E-state index contributed by atoms with van der Waals surface area (Å²) in [5, 5.41) is 2.76. The van der Waals surface area contributed by atoms with Gasteiger partial charge in [0, 0.05) is 17.7 Å². The number of esters is 1. The fourth-order valence-electron chi connectivity index (χ4n) is 6.82. The molecular weight excluding hydrogens is 629 g/mol. The van der Waals surface area contributed by atoms with E-state index in [1.807, 2.05) is 17.0 Å². The fourth-order valence-corrected chi connectivity index (χ4v) is 7.00. The van der Waals surface area contributed by atoms with E-state index in [9.17, 15) is 18.8 Å². The van der Waals surface area contributed by atoms with Crippen LogP contribution in [0.4, 0.5) is 4.39 Å². The van der Waals surface area contributed by atoms with Crippen molar-refractivity contribution in [3.8, 4) is 0 Å². The molecule has 2 aliphatic rings. The number of hydrogen-bond acceptors (Lipinski definition) is 5. The van der Waals surface area contributed by atoms with Crippen molar-refractivity contribution in [1.82, 2.24) is 10.2 Å². The van der Waals surface area contributed by atoms with Crippen molar-refractivity contribution in [3.05, 3.63) is 70.0 Å². The number of carbonyl (C=O) groups excluding carboxylic acids is 3. The third-order valence-corrected chi connectivity index (χ3v) is 9.76. The average molecular weight is 682 g/mol. The lowest BCUT2D eigenvalue weighted by Crippen LogP contribution is -2.51. The molecule has 48 heavy (non-hydrogen) atoms. The SMILES string of the molecule is CC(C)(C)CC[C@H](c1ccc(C(=O)NCCC(=O)OC(C)(C)C)cc1)N1C(=O)C(c2ccc(F)c(Cl)c2)=NC12CCC(C(C)(C)C)CC2. The Bertz CT molecular complexity index is 1520. The van der Waals surface area contributed by atoms with E-state index in [2.05, 4.69) is 46.9 Å². The molecule has 1 atom stereocenters. The van der Waals surface area contributed by atoms with Crippen LogP contribution in [0.3, 0.4) is 0 Å². The minimum Gasteiger partial charge on any atom is -0.460 e. The maximum atomic E-state index is 14.6. The topological polar surface area (TPSA) is 88.1 Å². The highest BCUT2D eigenvalue weighted by molar-refractivity contribution is 6.47. The van der Waals surface area contributed by atoms with Gasteiger partial charge in [-0.2, -0.15) is 0 Å². The van der Waals surface area contributed by atoms with Crippen LogP contribution in [0.2, 0.25) is 5.02 Å². The van der Waals surface area contributed by atoms with Gasteiger partial charge in [0.15, 0.2) is 0 Å². The number of nitrogens with one attached hydrogen (secondary N) is 1. The Morgan fingerprint density at radius 2 is 1.65 bits per heavy atom. The lowest BCUT2D eigenvalue weighted by atomic mass is 9.69. The van der Waals surface area contributed by atoms with Gasteiger partial charge in [-0.1, -0.05) is 65.3 Å². The summed E-state index contributed by atoms with van der Waals surface area (Å²) in [4.78, 5) is 46.8. The first kappa shape index (κ1) is 37.6. The van der Waals surface area contributed by atoms with Crippen molar-refractivity contribution in [2.75, 3.05) is 6.54 Å². The van der Waals surface area contributed by atoms with Crippen molar-refractivity contribution in [2.45, 2.75) is 125 Å². The maximum absolute atomic E-state index is 14.6. The molecule has 2 aromatic rings. The first-order valence-electron chi connectivity index (χ1n) is 17.2. The first-order chi connectivity index (χ1) is 22.2. The van der Waals surface area contributed by atoms with Crippen molar-refractivity contribution in [1.29, 1.82) is 0 Å². The number of aliphatic imine (C=N–C) groups is 1. The van der Waals surface area contributed by atoms with Gasteiger partial charge in [0.2, 0.25) is 0 Å². The molecule has 0 unspecified atom stereocenters. The molecule has 1 aliphatic heterocycles. The van der Waals surface area contributed by atoms with Crippen LogP contribution in [0.25, 0.3) is 0 Å². The molecule has 4 rings (SSSR count). The van der Waals surface area contributed by atoms with Gasteiger partial charge in [-0.3, -0.25) is 19.4 Å². The van der Waals surface area contributed by atoms with Gasteiger partial charge in [-0.15, -0.1) is 0 Å². The smallest absolute Gasteiger partial charge is 0.308 e. The molecule has 1 heterocycles. The Hall–Kier alpha value is -3.26. The highest BCUT2D eigenvalue weighted by Crippen LogP contribution is 2.50. The van der Waals surface area contributed by atoms with Gasteiger partial charge >= 0.3 is 5.97 Å². The fraction of sp³-hybridized carbons (Fsp3) is 0.590. The third kappa shape index (κ3) is 9.25. The Morgan fingerprint density at radius 3 is 2.19 bits per heavy atom. The second-order valence-corrected chi connectivity index (χ2v) is 17.1. The molecule has 1 saturated carbocycles. The number of halogens is 2. The number of benzene rings is 2. The molecule has 2 amide bonds. The number of hydrogen-bond donors (Lipinski definition) is 1. The van der Waals surface area contributed by atoms with E-state index in [1.165, 1.54) is 12.1 Å². The van der Waals surface area contributed by atoms with Crippen LogP contribution in [-0.2, 0) is 14.3 Å². The van der Waals surface area contributed by atoms with Crippen LogP contribution in [0.15, 0.2) is 47.5 Å². The predicted molar refractivity (Wildman–Crippen MR) is 190 cm³/mol. The summed E-state index contributed by atoms with van der Waals surface area (Å²) in [5.41, 5.74) is 1.04. The van der Waals surface area contributed by atoms with Crippen molar-refractivity contribution in [3.63, 3.8) is 0 Å². The van der Waals surface area contributed by atoms with E-state index in [1.54, 1.807) is 39.0 Å². The Morgan fingerprint density at radius 1 is 1.02 bits per heavy atom. The summed E-state index contributed by atoms with van der Waals surface area (Å²) >= 11 is 6.18. The molecule has 1 spiro atoms. The number of amides is 2. The van der Waals surface area contributed by atoms with E-state index in [4.69, 9.17) is 21.3 Å². The summed E-state index contributed by atoms with van der Waals surface area (Å²) in [6, 6.07) is 11.4. The highest BCUT2D eigenvalue weighted by Gasteiger charge is 2.52. The van der Waals surface area contributed by atoms with Gasteiger partial charge in [-0.05, 0) is 112 Å². The van der Waals surface area contributed by atoms with E-state index >= 15 is 0 Å². The second kappa shape index (κ2) is 14.3. The highest BCUT2D eigenvalue weighted by atomic mass is 35.5. The zero-order valence-corrected chi connectivity index (χ0v) is 30.9. The van der Waals surface area contributed by atoms with Crippen LogP contribution < -0.4 is 5.32 Å². The van der Waals surface area contributed by atoms with E-state index in [-0.39, 0.29) is 52.6 Å². The minimum atomic E-state index is -0.741. The lowest BCUT2D eigenvalue weighted by molar-refractivity contribution is -0.154. The van der Waals surface area contributed by atoms with Gasteiger partial charge < -0.3 is 15.0 Å². The molecular formula is C39H53ClFN3O4. The predicted octanol–water partition coefficient (Wildman–Crippen LogP) is 9.07. The normalized spacial score (nSPS) is 20.9. The van der Waals surface area contributed by atoms with E-state index in [0.717, 1.165) is 37.7 Å². The molecule has 2 aromatic carbocycles. The van der Waals surface area contributed by atoms with Gasteiger partial charge in [-0.25, -0.2) is 4.39 Å². The first-order valence-corrected chi connectivity index (χ1v) is 17.6. The number of nitrogens with zero attached hydrogens (tertiary/aromatic N) is 2. The number of carbonyl (C=O) groups is 3. The van der Waals surface area contributed by atoms with Gasteiger partial charge in [0.25, 0.3) is 11.8 Å². The summed E-state index contributed by atoms with van der Waals surface area (Å²) in [6.45, 7) is 18.9. The largest absolute Gasteiger partial charge is 0.460 e. The second-order valence-electron chi connectivity index (χ2n) is 16.7. The van der Waals surface area contributed by atoms with Crippen molar-refractivity contribution < 1.29 is 23.5 Å². The summed E-state index contributed by atoms with van der Waals surface area (Å²) in [7, 11) is 0.